The highest BCUT2D eigenvalue weighted by molar-refractivity contribution is 5.86. The highest BCUT2D eigenvalue weighted by Gasteiger charge is 2.29. The molecule has 3 rings (SSSR count). The molecule has 1 unspecified atom stereocenters. The van der Waals surface area contributed by atoms with E-state index in [0.29, 0.717) is 29.9 Å². The molecule has 1 aliphatic rings. The number of aliphatic hydroxyl groups is 1. The third-order valence-electron chi connectivity index (χ3n) is 3.18. The molecule has 18 heavy (non-hydrogen) atoms. The molecule has 1 saturated carbocycles. The molecule has 0 spiro atoms. The van der Waals surface area contributed by atoms with Crippen LogP contribution in [0.15, 0.2) is 6.20 Å². The first-order valence-electron chi connectivity index (χ1n) is 6.08. The van der Waals surface area contributed by atoms with Gasteiger partial charge in [-0.05, 0) is 18.8 Å². The first-order valence-corrected chi connectivity index (χ1v) is 6.08. The minimum atomic E-state index is -0.306. The Morgan fingerprint density at radius 2 is 2.33 bits per heavy atom. The monoisotopic (exact) mass is 248 g/mol. The van der Waals surface area contributed by atoms with E-state index in [1.54, 1.807) is 13.2 Å². The van der Waals surface area contributed by atoms with Gasteiger partial charge in [0.1, 0.15) is 5.82 Å². The second-order valence-corrected chi connectivity index (χ2v) is 4.56. The number of nitrogens with one attached hydrogen (secondary N) is 3. The molecule has 0 bridgehead atoms. The Kier molecular flexibility index (Phi) is 2.75. The van der Waals surface area contributed by atoms with Gasteiger partial charge in [-0.25, -0.2) is 0 Å². The molecule has 0 aromatic carbocycles. The molecule has 4 N–H and O–H groups in total. The number of hydrogen-bond donors (Lipinski definition) is 4. The van der Waals surface area contributed by atoms with Crippen LogP contribution in [0, 0.1) is 5.92 Å². The van der Waals surface area contributed by atoms with E-state index >= 15 is 0 Å². The molecule has 2 aromatic rings. The standard InChI is InChI=1S/C11H16N6O/c1-12-11-15-9(7-4-14-17-10(7)16-11)13-5-8(18)6-2-3-6/h4,6,8,18H,2-3,5H2,1H3,(H3,12,13,14,15,16,17). The molecule has 2 heterocycles. The smallest absolute Gasteiger partial charge is 0.226 e. The lowest BCUT2D eigenvalue weighted by molar-refractivity contribution is 0.164. The maximum Gasteiger partial charge on any atom is 0.226 e. The number of anilines is 2. The van der Waals surface area contributed by atoms with Crippen molar-refractivity contribution in [1.29, 1.82) is 0 Å². The van der Waals surface area contributed by atoms with Crippen molar-refractivity contribution in [3.63, 3.8) is 0 Å². The van der Waals surface area contributed by atoms with Gasteiger partial charge >= 0.3 is 0 Å². The summed E-state index contributed by atoms with van der Waals surface area (Å²) in [4.78, 5) is 8.59. The van der Waals surface area contributed by atoms with E-state index in [9.17, 15) is 5.11 Å². The highest BCUT2D eigenvalue weighted by atomic mass is 16.3. The van der Waals surface area contributed by atoms with Crippen LogP contribution in [0.25, 0.3) is 11.0 Å². The predicted octanol–water partition coefficient (Wildman–Crippen LogP) is 0.577. The summed E-state index contributed by atoms with van der Waals surface area (Å²) in [6.45, 7) is 0.505. The third kappa shape index (κ3) is 2.08. The second-order valence-electron chi connectivity index (χ2n) is 4.56. The van der Waals surface area contributed by atoms with Gasteiger partial charge in [-0.1, -0.05) is 0 Å². The van der Waals surface area contributed by atoms with E-state index in [2.05, 4.69) is 30.8 Å². The van der Waals surface area contributed by atoms with Crippen molar-refractivity contribution < 1.29 is 5.11 Å². The number of nitrogens with zero attached hydrogens (tertiary/aromatic N) is 3. The zero-order chi connectivity index (χ0) is 12.5. The van der Waals surface area contributed by atoms with E-state index < -0.39 is 0 Å². The number of hydrogen-bond acceptors (Lipinski definition) is 6. The van der Waals surface area contributed by atoms with Crippen molar-refractivity contribution in [2.45, 2.75) is 18.9 Å². The summed E-state index contributed by atoms with van der Waals surface area (Å²) in [5.74, 6) is 1.66. The molecule has 1 aliphatic carbocycles. The van der Waals surface area contributed by atoms with E-state index in [4.69, 9.17) is 0 Å². The van der Waals surface area contributed by atoms with Gasteiger partial charge in [0.25, 0.3) is 0 Å². The van der Waals surface area contributed by atoms with Gasteiger partial charge in [0.2, 0.25) is 5.95 Å². The number of rotatable bonds is 5. The van der Waals surface area contributed by atoms with E-state index in [1.807, 2.05) is 0 Å². The summed E-state index contributed by atoms with van der Waals surface area (Å²) in [6.07, 6.45) is 3.62. The summed E-state index contributed by atoms with van der Waals surface area (Å²) in [7, 11) is 1.76. The average Bonchev–Trinajstić information content (AvgIpc) is 3.13. The number of fused-ring (bicyclic) bond motifs is 1. The summed E-state index contributed by atoms with van der Waals surface area (Å²) in [5.41, 5.74) is 0.678. The Labute approximate surface area is 104 Å². The second kappa shape index (κ2) is 4.41. The zero-order valence-electron chi connectivity index (χ0n) is 10.1. The van der Waals surface area contributed by atoms with Crippen LogP contribution in [-0.2, 0) is 0 Å². The van der Waals surface area contributed by atoms with E-state index in [-0.39, 0.29) is 6.10 Å². The molecule has 0 amide bonds. The lowest BCUT2D eigenvalue weighted by Gasteiger charge is -2.12. The number of aromatic amines is 1. The van der Waals surface area contributed by atoms with Gasteiger partial charge in [-0.2, -0.15) is 15.1 Å². The van der Waals surface area contributed by atoms with Crippen molar-refractivity contribution in [2.24, 2.45) is 5.92 Å². The van der Waals surface area contributed by atoms with Crippen molar-refractivity contribution in [1.82, 2.24) is 20.2 Å². The van der Waals surface area contributed by atoms with Gasteiger partial charge in [-0.3, -0.25) is 5.10 Å². The van der Waals surface area contributed by atoms with Crippen LogP contribution in [0.1, 0.15) is 12.8 Å². The fourth-order valence-electron chi connectivity index (χ4n) is 1.93. The van der Waals surface area contributed by atoms with E-state index in [1.165, 1.54) is 0 Å². The fourth-order valence-corrected chi connectivity index (χ4v) is 1.93. The molecule has 1 fully saturated rings. The summed E-state index contributed by atoms with van der Waals surface area (Å²) < 4.78 is 0. The van der Waals surface area contributed by atoms with Crippen molar-refractivity contribution in [3.8, 4) is 0 Å². The molecule has 7 heteroatoms. The van der Waals surface area contributed by atoms with Crippen LogP contribution >= 0.6 is 0 Å². The van der Waals surface area contributed by atoms with Crippen molar-refractivity contribution in [3.05, 3.63) is 6.20 Å². The SMILES string of the molecule is CNc1nc(NCC(O)C2CC2)c2cn[nH]c2n1. The number of aromatic nitrogens is 4. The topological polar surface area (TPSA) is 98.8 Å². The molecule has 7 nitrogen and oxygen atoms in total. The summed E-state index contributed by atoms with van der Waals surface area (Å²) in [5, 5.41) is 23.5. The average molecular weight is 248 g/mol. The summed E-state index contributed by atoms with van der Waals surface area (Å²) >= 11 is 0. The first kappa shape index (κ1) is 11.2. The lowest BCUT2D eigenvalue weighted by Crippen LogP contribution is -2.22. The molecule has 0 saturated heterocycles. The summed E-state index contributed by atoms with van der Waals surface area (Å²) in [6, 6.07) is 0. The van der Waals surface area contributed by atoms with Gasteiger partial charge < -0.3 is 15.7 Å². The Balaban J connectivity index is 1.82. The molecule has 0 radical (unpaired) electrons. The van der Waals surface area contributed by atoms with Crippen LogP contribution in [0.2, 0.25) is 0 Å². The lowest BCUT2D eigenvalue weighted by atomic mass is 10.2. The van der Waals surface area contributed by atoms with Gasteiger partial charge in [0, 0.05) is 13.6 Å². The van der Waals surface area contributed by atoms with Crippen LogP contribution in [-0.4, -0.2) is 45.0 Å². The Morgan fingerprint density at radius 3 is 3.06 bits per heavy atom. The maximum atomic E-state index is 9.85. The number of H-pyrrole nitrogens is 1. The molecule has 1 atom stereocenters. The molecule has 2 aromatic heterocycles. The van der Waals surface area contributed by atoms with Crippen molar-refractivity contribution in [2.75, 3.05) is 24.2 Å². The van der Waals surface area contributed by atoms with Crippen LogP contribution in [0.5, 0.6) is 0 Å². The Bertz CT molecular complexity index is 549. The van der Waals surface area contributed by atoms with Crippen LogP contribution in [0.3, 0.4) is 0 Å². The minimum absolute atomic E-state index is 0.306. The van der Waals surface area contributed by atoms with Crippen LogP contribution < -0.4 is 10.6 Å². The van der Waals surface area contributed by atoms with Gasteiger partial charge in [0.15, 0.2) is 5.65 Å². The number of aliphatic hydroxyl groups excluding tert-OH is 1. The molecule has 96 valence electrons. The molecular weight excluding hydrogens is 232 g/mol. The first-order chi connectivity index (χ1) is 8.78. The zero-order valence-corrected chi connectivity index (χ0v) is 10.1. The van der Waals surface area contributed by atoms with Crippen LogP contribution in [0.4, 0.5) is 11.8 Å². The maximum absolute atomic E-state index is 9.85. The largest absolute Gasteiger partial charge is 0.391 e. The van der Waals surface area contributed by atoms with Crippen molar-refractivity contribution >= 4 is 22.8 Å². The van der Waals surface area contributed by atoms with Gasteiger partial charge in [-0.15, -0.1) is 0 Å². The Morgan fingerprint density at radius 1 is 1.50 bits per heavy atom. The fraction of sp³-hybridized carbons (Fsp3) is 0.545. The predicted molar refractivity (Wildman–Crippen MR) is 68.5 cm³/mol. The van der Waals surface area contributed by atoms with Gasteiger partial charge in [0.05, 0.1) is 17.7 Å². The Hall–Kier alpha value is -1.89. The molecule has 0 aliphatic heterocycles. The highest BCUT2D eigenvalue weighted by Crippen LogP contribution is 2.32. The minimum Gasteiger partial charge on any atom is -0.391 e. The quantitative estimate of drug-likeness (QED) is 0.617. The third-order valence-corrected chi connectivity index (χ3v) is 3.18. The normalized spacial score (nSPS) is 16.8. The molecular formula is C11H16N6O. The van der Waals surface area contributed by atoms with E-state index in [0.717, 1.165) is 18.2 Å².